The molecule has 2 fully saturated rings. The van der Waals surface area contributed by atoms with Gasteiger partial charge in [0.25, 0.3) is 0 Å². The molecule has 2 rings (SSSR count). The van der Waals surface area contributed by atoms with Crippen LogP contribution in [0.1, 0.15) is 32.1 Å². The number of nitrogens with zero attached hydrogens (tertiary/aromatic N) is 1. The Morgan fingerprint density at radius 2 is 1.94 bits per heavy atom. The van der Waals surface area contributed by atoms with Crippen molar-refractivity contribution in [2.24, 2.45) is 0 Å². The molecule has 98 valence electrons. The minimum atomic E-state index is -3.26. The third kappa shape index (κ3) is 2.80. The molecule has 0 spiro atoms. The molecule has 0 aromatic heterocycles. The number of likely N-dealkylation sites (tertiary alicyclic amines) is 1. The maximum atomic E-state index is 12.1. The van der Waals surface area contributed by atoms with Crippen LogP contribution in [-0.4, -0.2) is 54.5 Å². The normalized spacial score (nSPS) is 33.4. The van der Waals surface area contributed by atoms with Crippen LogP contribution in [0.3, 0.4) is 0 Å². The predicted molar refractivity (Wildman–Crippen MR) is 63.2 cm³/mol. The van der Waals surface area contributed by atoms with Gasteiger partial charge in [0.15, 0.2) is 9.84 Å². The molecule has 6 heteroatoms. The first-order valence-electron chi connectivity index (χ1n) is 6.19. The third-order valence-corrected chi connectivity index (χ3v) is 5.72. The Bertz CT molecular complexity index is 392. The minimum Gasteiger partial charge on any atom is -0.391 e. The van der Waals surface area contributed by atoms with E-state index in [2.05, 4.69) is 0 Å². The van der Waals surface area contributed by atoms with E-state index < -0.39 is 21.2 Å². The Balaban J connectivity index is 2.08. The van der Waals surface area contributed by atoms with Gasteiger partial charge in [-0.2, -0.15) is 0 Å². The van der Waals surface area contributed by atoms with Gasteiger partial charge in [0.05, 0.1) is 11.9 Å². The Morgan fingerprint density at radius 3 is 2.59 bits per heavy atom. The summed E-state index contributed by atoms with van der Waals surface area (Å²) in [6.45, 7) is 0.854. The molecule has 2 heterocycles. The molecule has 17 heavy (non-hydrogen) atoms. The van der Waals surface area contributed by atoms with E-state index in [9.17, 15) is 18.3 Å². The molecule has 2 atom stereocenters. The Morgan fingerprint density at radius 1 is 1.18 bits per heavy atom. The fourth-order valence-electron chi connectivity index (χ4n) is 2.59. The van der Waals surface area contributed by atoms with E-state index >= 15 is 0 Å². The lowest BCUT2D eigenvalue weighted by Gasteiger charge is -2.33. The van der Waals surface area contributed by atoms with Crippen LogP contribution in [0, 0.1) is 0 Å². The summed E-state index contributed by atoms with van der Waals surface area (Å²) in [5.74, 6) is -0.178. The summed E-state index contributed by atoms with van der Waals surface area (Å²) < 4.78 is 23.7. The van der Waals surface area contributed by atoms with Crippen LogP contribution in [0.25, 0.3) is 0 Å². The second-order valence-electron chi connectivity index (χ2n) is 4.93. The molecule has 1 N–H and O–H groups in total. The molecule has 1 amide bonds. The molecule has 0 saturated carbocycles. The molecule has 5 nitrogen and oxygen atoms in total. The highest BCUT2D eigenvalue weighted by Gasteiger charge is 2.38. The number of aliphatic hydroxyl groups excluding tert-OH is 1. The molecule has 0 aliphatic carbocycles. The van der Waals surface area contributed by atoms with Gasteiger partial charge in [-0.05, 0) is 25.7 Å². The summed E-state index contributed by atoms with van der Waals surface area (Å²) in [5, 5.41) is 8.65. The molecule has 2 saturated heterocycles. The second-order valence-corrected chi connectivity index (χ2v) is 7.23. The van der Waals surface area contributed by atoms with E-state index in [1.165, 1.54) is 4.90 Å². The second kappa shape index (κ2) is 4.94. The number of piperidine rings is 1. The van der Waals surface area contributed by atoms with Crippen molar-refractivity contribution in [3.63, 3.8) is 0 Å². The van der Waals surface area contributed by atoms with Crippen molar-refractivity contribution in [2.75, 3.05) is 18.8 Å². The molecular formula is C11H19NO4S. The minimum absolute atomic E-state index is 0.125. The van der Waals surface area contributed by atoms with E-state index in [0.717, 1.165) is 12.8 Å². The molecule has 0 aromatic carbocycles. The van der Waals surface area contributed by atoms with Crippen molar-refractivity contribution in [1.82, 2.24) is 4.90 Å². The summed E-state index contributed by atoms with van der Waals surface area (Å²) in [6.07, 6.45) is 2.84. The maximum absolute atomic E-state index is 12.1. The highest BCUT2D eigenvalue weighted by molar-refractivity contribution is 7.92. The van der Waals surface area contributed by atoms with Crippen molar-refractivity contribution in [3.05, 3.63) is 0 Å². The topological polar surface area (TPSA) is 74.7 Å². The summed E-state index contributed by atoms with van der Waals surface area (Å²) in [6, 6.07) is 0. The number of sulfone groups is 1. The van der Waals surface area contributed by atoms with Crippen LogP contribution in [0.2, 0.25) is 0 Å². The zero-order valence-corrected chi connectivity index (χ0v) is 10.7. The average Bonchev–Trinajstić information content (AvgIpc) is 2.27. The third-order valence-electron chi connectivity index (χ3n) is 3.56. The number of amides is 1. The van der Waals surface area contributed by atoms with E-state index in [1.54, 1.807) is 0 Å². The predicted octanol–water partition coefficient (Wildman–Crippen LogP) is -0.0630. The molecule has 0 bridgehead atoms. The number of β-amino-alcohol motifs (C(OH)–C–C–N with tert-alkyl or cyclic N) is 1. The van der Waals surface area contributed by atoms with Crippen LogP contribution in [0.4, 0.5) is 0 Å². The first-order valence-corrected chi connectivity index (χ1v) is 7.90. The highest BCUT2D eigenvalue weighted by Crippen LogP contribution is 2.23. The average molecular weight is 261 g/mol. The number of aliphatic hydroxyl groups is 1. The van der Waals surface area contributed by atoms with Gasteiger partial charge in [-0.3, -0.25) is 4.79 Å². The van der Waals surface area contributed by atoms with Crippen molar-refractivity contribution >= 4 is 15.7 Å². The molecular weight excluding hydrogens is 242 g/mol. The van der Waals surface area contributed by atoms with E-state index in [1.807, 2.05) is 0 Å². The number of carbonyl (C=O) groups is 1. The number of hydrogen-bond donors (Lipinski definition) is 1. The van der Waals surface area contributed by atoms with Crippen LogP contribution >= 0.6 is 0 Å². The Kier molecular flexibility index (Phi) is 3.73. The van der Waals surface area contributed by atoms with Crippen LogP contribution in [0.5, 0.6) is 0 Å². The van der Waals surface area contributed by atoms with E-state index in [4.69, 9.17) is 0 Å². The van der Waals surface area contributed by atoms with E-state index in [0.29, 0.717) is 25.8 Å². The first kappa shape index (κ1) is 12.8. The zero-order chi connectivity index (χ0) is 12.5. The highest BCUT2D eigenvalue weighted by atomic mass is 32.2. The number of carbonyl (C=O) groups excluding carboxylic acids is 1. The van der Waals surface area contributed by atoms with Gasteiger partial charge in [-0.15, -0.1) is 0 Å². The monoisotopic (exact) mass is 261 g/mol. The smallest absolute Gasteiger partial charge is 0.240 e. The van der Waals surface area contributed by atoms with Gasteiger partial charge in [-0.25, -0.2) is 8.42 Å². The fourth-order valence-corrected chi connectivity index (χ4v) is 4.46. The molecule has 2 aliphatic rings. The molecule has 0 radical (unpaired) electrons. The van der Waals surface area contributed by atoms with Gasteiger partial charge in [0, 0.05) is 13.1 Å². The number of rotatable bonds is 1. The largest absolute Gasteiger partial charge is 0.391 e. The van der Waals surface area contributed by atoms with Gasteiger partial charge >= 0.3 is 0 Å². The van der Waals surface area contributed by atoms with Crippen molar-refractivity contribution in [2.45, 2.75) is 43.5 Å². The van der Waals surface area contributed by atoms with Crippen molar-refractivity contribution in [3.8, 4) is 0 Å². The van der Waals surface area contributed by atoms with Gasteiger partial charge in [0.2, 0.25) is 5.91 Å². The summed E-state index contributed by atoms with van der Waals surface area (Å²) in [5.41, 5.74) is 0. The lowest BCUT2D eigenvalue weighted by atomic mass is 10.1. The molecule has 2 aliphatic heterocycles. The lowest BCUT2D eigenvalue weighted by molar-refractivity contribution is -0.134. The van der Waals surface area contributed by atoms with Crippen LogP contribution in [-0.2, 0) is 14.6 Å². The summed E-state index contributed by atoms with van der Waals surface area (Å²) in [4.78, 5) is 13.7. The maximum Gasteiger partial charge on any atom is 0.240 e. The standard InChI is InChI=1S/C11H19NO4S/c13-9-4-3-6-12(8-9)11(14)10-5-1-2-7-17(10,15)16/h9-10,13H,1-8H2/t9-,10?/m0/s1. The Labute approximate surface area is 102 Å². The van der Waals surface area contributed by atoms with Crippen molar-refractivity contribution < 1.29 is 18.3 Å². The lowest BCUT2D eigenvalue weighted by Crippen LogP contribution is -2.50. The molecule has 0 aromatic rings. The Hall–Kier alpha value is -0.620. The number of hydrogen-bond acceptors (Lipinski definition) is 4. The van der Waals surface area contributed by atoms with Gasteiger partial charge < -0.3 is 10.0 Å². The van der Waals surface area contributed by atoms with Gasteiger partial charge in [-0.1, -0.05) is 6.42 Å². The first-order chi connectivity index (χ1) is 8.00. The van der Waals surface area contributed by atoms with Crippen LogP contribution < -0.4 is 0 Å². The zero-order valence-electron chi connectivity index (χ0n) is 9.84. The summed E-state index contributed by atoms with van der Waals surface area (Å²) >= 11 is 0. The SMILES string of the molecule is O=C(C1CCCCS1(=O)=O)N1CCC[C@H](O)C1. The fraction of sp³-hybridized carbons (Fsp3) is 0.909. The summed E-state index contributed by atoms with van der Waals surface area (Å²) in [7, 11) is -3.26. The molecule has 1 unspecified atom stereocenters. The van der Waals surface area contributed by atoms with Crippen LogP contribution in [0.15, 0.2) is 0 Å². The van der Waals surface area contributed by atoms with Crippen molar-refractivity contribution in [1.29, 1.82) is 0 Å². The van der Waals surface area contributed by atoms with Gasteiger partial charge in [0.1, 0.15) is 5.25 Å². The quantitative estimate of drug-likeness (QED) is 0.717. The van der Waals surface area contributed by atoms with E-state index in [-0.39, 0.29) is 18.2 Å².